The third-order valence-electron chi connectivity index (χ3n) is 3.22. The van der Waals surface area contributed by atoms with Gasteiger partial charge in [-0.25, -0.2) is 9.97 Å². The molecule has 2 aromatic rings. The smallest absolute Gasteiger partial charge is 0.158 e. The Bertz CT molecular complexity index is 631. The Balaban J connectivity index is 2.33. The summed E-state index contributed by atoms with van der Waals surface area (Å²) in [6.07, 6.45) is 0. The number of aromatic nitrogens is 2. The summed E-state index contributed by atoms with van der Waals surface area (Å²) in [5.74, 6) is 1.35. The van der Waals surface area contributed by atoms with Crippen LogP contribution in [0.15, 0.2) is 24.3 Å². The van der Waals surface area contributed by atoms with Crippen molar-refractivity contribution in [1.29, 1.82) is 0 Å². The molecule has 0 N–H and O–H groups in total. The minimum atomic E-state index is 0.366. The van der Waals surface area contributed by atoms with Crippen LogP contribution in [-0.2, 0) is 11.3 Å². The van der Waals surface area contributed by atoms with Crippen LogP contribution in [0.2, 0.25) is 5.15 Å². The average Bonchev–Trinajstić information content (AvgIpc) is 2.44. The van der Waals surface area contributed by atoms with E-state index in [1.54, 1.807) is 6.07 Å². The summed E-state index contributed by atoms with van der Waals surface area (Å²) in [6.45, 7) is 7.09. The minimum Gasteiger partial charge on any atom is -0.374 e. The lowest BCUT2D eigenvalue weighted by molar-refractivity contribution is 0.128. The van der Waals surface area contributed by atoms with Crippen LogP contribution in [0.3, 0.4) is 0 Å². The van der Waals surface area contributed by atoms with Gasteiger partial charge in [0, 0.05) is 25.4 Å². The van der Waals surface area contributed by atoms with Crippen molar-refractivity contribution < 1.29 is 4.74 Å². The lowest BCUT2D eigenvalue weighted by Gasteiger charge is -2.21. The molecule has 0 aliphatic heterocycles. The van der Waals surface area contributed by atoms with Crippen molar-refractivity contribution in [2.75, 3.05) is 18.6 Å². The van der Waals surface area contributed by atoms with Gasteiger partial charge in [0.15, 0.2) is 5.82 Å². The van der Waals surface area contributed by atoms with Gasteiger partial charge >= 0.3 is 0 Å². The van der Waals surface area contributed by atoms with Crippen molar-refractivity contribution in [3.05, 3.63) is 46.4 Å². The van der Waals surface area contributed by atoms with E-state index in [4.69, 9.17) is 16.3 Å². The molecule has 0 aliphatic carbocycles. The fraction of sp³-hybridized carbons (Fsp3) is 0.375. The largest absolute Gasteiger partial charge is 0.374 e. The van der Waals surface area contributed by atoms with Crippen LogP contribution in [0.4, 0.5) is 11.5 Å². The molecule has 0 unspecified atom stereocenters. The fourth-order valence-electron chi connectivity index (χ4n) is 2.19. The third kappa shape index (κ3) is 3.93. The molecule has 1 aromatic heterocycles. The highest BCUT2D eigenvalue weighted by atomic mass is 35.5. The molecule has 112 valence electrons. The summed E-state index contributed by atoms with van der Waals surface area (Å²) in [5, 5.41) is 0.423. The van der Waals surface area contributed by atoms with Crippen LogP contribution >= 0.6 is 11.6 Å². The molecule has 4 nitrogen and oxygen atoms in total. The first-order valence-corrected chi connectivity index (χ1v) is 7.31. The van der Waals surface area contributed by atoms with Gasteiger partial charge in [-0.2, -0.15) is 0 Å². The zero-order valence-corrected chi connectivity index (χ0v) is 13.6. The molecule has 1 heterocycles. The van der Waals surface area contributed by atoms with Gasteiger partial charge in [-0.3, -0.25) is 0 Å². The molecule has 0 fully saturated rings. The topological polar surface area (TPSA) is 38.2 Å². The number of nitrogens with zero attached hydrogens (tertiary/aromatic N) is 3. The van der Waals surface area contributed by atoms with E-state index in [-0.39, 0.29) is 0 Å². The van der Waals surface area contributed by atoms with Crippen LogP contribution in [0.25, 0.3) is 0 Å². The van der Waals surface area contributed by atoms with E-state index in [2.05, 4.69) is 42.0 Å². The van der Waals surface area contributed by atoms with Crippen LogP contribution in [-0.4, -0.2) is 23.6 Å². The number of benzene rings is 1. The molecule has 2 rings (SSSR count). The van der Waals surface area contributed by atoms with E-state index in [9.17, 15) is 0 Å². The molecule has 21 heavy (non-hydrogen) atoms. The Morgan fingerprint density at radius 1 is 1.19 bits per heavy atom. The van der Waals surface area contributed by atoms with Gasteiger partial charge in [-0.05, 0) is 32.4 Å². The highest BCUT2D eigenvalue weighted by molar-refractivity contribution is 6.29. The Hall–Kier alpha value is -1.65. The Kier molecular flexibility index (Phi) is 5.15. The fourth-order valence-corrected chi connectivity index (χ4v) is 2.38. The van der Waals surface area contributed by atoms with Crippen molar-refractivity contribution in [3.8, 4) is 0 Å². The number of aryl methyl sites for hydroxylation is 2. The van der Waals surface area contributed by atoms with Gasteiger partial charge in [-0.15, -0.1) is 0 Å². The number of ether oxygens (including phenoxy) is 1. The lowest BCUT2D eigenvalue weighted by Crippen LogP contribution is -2.14. The summed E-state index contributed by atoms with van der Waals surface area (Å²) in [7, 11) is 1.97. The molecule has 0 atom stereocenters. The van der Waals surface area contributed by atoms with Crippen molar-refractivity contribution >= 4 is 23.1 Å². The van der Waals surface area contributed by atoms with Crippen molar-refractivity contribution in [2.24, 2.45) is 0 Å². The first kappa shape index (κ1) is 15.7. The highest BCUT2D eigenvalue weighted by Gasteiger charge is 2.11. The van der Waals surface area contributed by atoms with E-state index in [0.717, 1.165) is 11.5 Å². The predicted molar refractivity (Wildman–Crippen MR) is 86.4 cm³/mol. The Labute approximate surface area is 130 Å². The molecule has 0 radical (unpaired) electrons. The lowest BCUT2D eigenvalue weighted by atomic mass is 10.1. The number of hydrogen-bond acceptors (Lipinski definition) is 4. The van der Waals surface area contributed by atoms with E-state index in [1.165, 1.54) is 11.1 Å². The van der Waals surface area contributed by atoms with Crippen molar-refractivity contribution in [2.45, 2.75) is 27.4 Å². The van der Waals surface area contributed by atoms with Gasteiger partial charge in [0.05, 0.1) is 0 Å². The van der Waals surface area contributed by atoms with Crippen LogP contribution in [0.5, 0.6) is 0 Å². The Morgan fingerprint density at radius 2 is 1.95 bits per heavy atom. The number of anilines is 2. The highest BCUT2D eigenvalue weighted by Crippen LogP contribution is 2.27. The van der Waals surface area contributed by atoms with Crippen molar-refractivity contribution in [3.63, 3.8) is 0 Å². The molecule has 0 amide bonds. The minimum absolute atomic E-state index is 0.366. The zero-order valence-electron chi connectivity index (χ0n) is 12.9. The third-order valence-corrected chi connectivity index (χ3v) is 3.41. The van der Waals surface area contributed by atoms with Gasteiger partial charge in [0.1, 0.15) is 17.6 Å². The molecule has 0 aliphatic rings. The second kappa shape index (κ2) is 6.87. The second-order valence-electron chi connectivity index (χ2n) is 4.95. The molecule has 1 aromatic carbocycles. The first-order chi connectivity index (χ1) is 10.0. The van der Waals surface area contributed by atoms with Gasteiger partial charge in [-0.1, -0.05) is 29.3 Å². The van der Waals surface area contributed by atoms with Crippen LogP contribution < -0.4 is 4.90 Å². The van der Waals surface area contributed by atoms with Crippen LogP contribution in [0.1, 0.15) is 23.9 Å². The van der Waals surface area contributed by atoms with Gasteiger partial charge in [0.25, 0.3) is 0 Å². The maximum Gasteiger partial charge on any atom is 0.158 e. The molecule has 0 saturated carbocycles. The Morgan fingerprint density at radius 3 is 2.62 bits per heavy atom. The summed E-state index contributed by atoms with van der Waals surface area (Å²) in [5.41, 5.74) is 3.53. The number of halogens is 1. The van der Waals surface area contributed by atoms with E-state index in [1.807, 2.05) is 18.9 Å². The maximum absolute atomic E-state index is 6.09. The van der Waals surface area contributed by atoms with E-state index in [0.29, 0.717) is 24.2 Å². The summed E-state index contributed by atoms with van der Waals surface area (Å²) in [6, 6.07) is 8.08. The van der Waals surface area contributed by atoms with E-state index >= 15 is 0 Å². The summed E-state index contributed by atoms with van der Waals surface area (Å²) >= 11 is 6.09. The normalized spacial score (nSPS) is 10.7. The summed E-state index contributed by atoms with van der Waals surface area (Å²) < 4.78 is 5.35. The predicted octanol–water partition coefficient (Wildman–Crippen LogP) is 4.05. The number of hydrogen-bond donors (Lipinski definition) is 0. The summed E-state index contributed by atoms with van der Waals surface area (Å²) in [4.78, 5) is 10.7. The maximum atomic E-state index is 6.09. The SMILES string of the molecule is CCOCc1nc(Cl)cc(N(C)c2ccc(C)cc2C)n1. The molecule has 0 spiro atoms. The molecule has 0 saturated heterocycles. The number of rotatable bonds is 5. The first-order valence-electron chi connectivity index (χ1n) is 6.93. The van der Waals surface area contributed by atoms with Crippen molar-refractivity contribution in [1.82, 2.24) is 9.97 Å². The standard InChI is InChI=1S/C16H20ClN3O/c1-5-21-10-15-18-14(17)9-16(19-15)20(4)13-7-6-11(2)8-12(13)3/h6-9H,5,10H2,1-4H3. The van der Waals surface area contributed by atoms with Crippen LogP contribution in [0, 0.1) is 13.8 Å². The van der Waals surface area contributed by atoms with E-state index < -0.39 is 0 Å². The monoisotopic (exact) mass is 305 g/mol. The molecule has 5 heteroatoms. The quantitative estimate of drug-likeness (QED) is 0.781. The molecular weight excluding hydrogens is 286 g/mol. The molecular formula is C16H20ClN3O. The zero-order chi connectivity index (χ0) is 15.4. The average molecular weight is 306 g/mol. The van der Waals surface area contributed by atoms with Gasteiger partial charge in [0.2, 0.25) is 0 Å². The second-order valence-corrected chi connectivity index (χ2v) is 5.34. The van der Waals surface area contributed by atoms with Gasteiger partial charge < -0.3 is 9.64 Å². The molecule has 0 bridgehead atoms.